The van der Waals surface area contributed by atoms with E-state index in [-0.39, 0.29) is 12.1 Å². The van der Waals surface area contributed by atoms with Crippen LogP contribution in [0.5, 0.6) is 0 Å². The first-order valence-corrected chi connectivity index (χ1v) is 6.54. The second-order valence-corrected chi connectivity index (χ2v) is 5.24. The van der Waals surface area contributed by atoms with Crippen LogP contribution >= 0.6 is 0 Å². The molecule has 0 unspecified atom stereocenters. The van der Waals surface area contributed by atoms with Crippen LogP contribution in [0, 0.1) is 0 Å². The lowest BCUT2D eigenvalue weighted by atomic mass is 9.80. The van der Waals surface area contributed by atoms with Gasteiger partial charge in [-0.2, -0.15) is 13.2 Å². The number of alkyl halides is 3. The third-order valence-corrected chi connectivity index (χ3v) is 3.84. The van der Waals surface area contributed by atoms with Gasteiger partial charge in [0.2, 0.25) is 5.91 Å². The topological polar surface area (TPSA) is 58.4 Å². The summed E-state index contributed by atoms with van der Waals surface area (Å²) in [7, 11) is 1.76. The highest BCUT2D eigenvalue weighted by molar-refractivity contribution is 5.78. The molecule has 19 heavy (non-hydrogen) atoms. The lowest BCUT2D eigenvalue weighted by Crippen LogP contribution is -2.56. The second-order valence-electron chi connectivity index (χ2n) is 5.24. The number of halogens is 3. The van der Waals surface area contributed by atoms with E-state index in [2.05, 4.69) is 0 Å². The number of hydrogen-bond acceptors (Lipinski definition) is 3. The molecule has 0 bridgehead atoms. The largest absolute Gasteiger partial charge is 0.405 e. The van der Waals surface area contributed by atoms with Gasteiger partial charge in [0.15, 0.2) is 0 Å². The molecule has 1 aliphatic rings. The van der Waals surface area contributed by atoms with E-state index in [1.165, 1.54) is 0 Å². The van der Waals surface area contributed by atoms with Gasteiger partial charge in [0, 0.05) is 12.1 Å². The van der Waals surface area contributed by atoms with Crippen LogP contribution in [0.2, 0.25) is 0 Å². The van der Waals surface area contributed by atoms with Crippen molar-refractivity contribution in [2.75, 3.05) is 26.7 Å². The van der Waals surface area contributed by atoms with Crippen LogP contribution in [0.25, 0.3) is 0 Å². The van der Waals surface area contributed by atoms with E-state index in [4.69, 9.17) is 5.73 Å². The molecule has 0 aromatic heterocycles. The van der Waals surface area contributed by atoms with E-state index in [0.717, 1.165) is 32.1 Å². The summed E-state index contributed by atoms with van der Waals surface area (Å²) in [6, 6.07) is 0. The van der Waals surface area contributed by atoms with Gasteiger partial charge in [0.1, 0.15) is 6.54 Å². The van der Waals surface area contributed by atoms with Gasteiger partial charge in [0.05, 0.1) is 6.54 Å². The Hall–Kier alpha value is -0.820. The molecular weight excluding hydrogens is 259 g/mol. The lowest BCUT2D eigenvalue weighted by molar-refractivity contribution is -0.139. The summed E-state index contributed by atoms with van der Waals surface area (Å²) >= 11 is 0. The number of likely N-dealkylation sites (N-methyl/N-ethyl adjacent to an activating group) is 1. The SMILES string of the molecule is CN(CC(=O)NCC(F)(F)F)C1(CN)CCCCC1. The standard InChI is InChI=1S/C12H22F3N3O/c1-18(7-10(19)17-9-12(13,14)15)11(8-16)5-3-2-4-6-11/h2-9,16H2,1H3,(H,17,19). The normalized spacial score (nSPS) is 19.5. The third-order valence-electron chi connectivity index (χ3n) is 3.84. The van der Waals surface area contributed by atoms with Crippen molar-refractivity contribution in [3.05, 3.63) is 0 Å². The highest BCUT2D eigenvalue weighted by Gasteiger charge is 2.36. The zero-order valence-electron chi connectivity index (χ0n) is 11.2. The Morgan fingerprint density at radius 1 is 1.32 bits per heavy atom. The molecule has 0 aromatic rings. The van der Waals surface area contributed by atoms with E-state index < -0.39 is 18.6 Å². The van der Waals surface area contributed by atoms with E-state index in [1.54, 1.807) is 11.9 Å². The van der Waals surface area contributed by atoms with Gasteiger partial charge in [0.25, 0.3) is 0 Å². The Bertz CT molecular complexity index is 301. The van der Waals surface area contributed by atoms with Gasteiger partial charge in [-0.25, -0.2) is 0 Å². The van der Waals surface area contributed by atoms with Crippen LogP contribution in [-0.2, 0) is 4.79 Å². The Labute approximate surface area is 111 Å². The highest BCUT2D eigenvalue weighted by atomic mass is 19.4. The minimum absolute atomic E-state index is 0.0483. The average molecular weight is 281 g/mol. The first kappa shape index (κ1) is 16.2. The maximum absolute atomic E-state index is 12.0. The number of amides is 1. The number of nitrogens with one attached hydrogen (secondary N) is 1. The Kier molecular flexibility index (Phi) is 5.61. The molecule has 0 aliphatic heterocycles. The van der Waals surface area contributed by atoms with Crippen LogP contribution in [0.4, 0.5) is 13.2 Å². The summed E-state index contributed by atoms with van der Waals surface area (Å²) in [5, 5.41) is 1.89. The van der Waals surface area contributed by atoms with E-state index >= 15 is 0 Å². The van der Waals surface area contributed by atoms with Crippen molar-refractivity contribution in [1.82, 2.24) is 10.2 Å². The Morgan fingerprint density at radius 2 is 1.89 bits per heavy atom. The number of hydrogen-bond donors (Lipinski definition) is 2. The molecular formula is C12H22F3N3O. The highest BCUT2D eigenvalue weighted by Crippen LogP contribution is 2.31. The van der Waals surface area contributed by atoms with Crippen molar-refractivity contribution in [2.24, 2.45) is 5.73 Å². The average Bonchev–Trinajstić information content (AvgIpc) is 2.36. The number of rotatable bonds is 5. The van der Waals surface area contributed by atoms with E-state index in [9.17, 15) is 18.0 Å². The zero-order chi connectivity index (χ0) is 14.5. The summed E-state index contributed by atoms with van der Waals surface area (Å²) in [5.41, 5.74) is 5.56. The number of nitrogens with zero attached hydrogens (tertiary/aromatic N) is 1. The molecule has 1 fully saturated rings. The fourth-order valence-electron chi connectivity index (χ4n) is 2.59. The maximum Gasteiger partial charge on any atom is 0.405 e. The smallest absolute Gasteiger partial charge is 0.346 e. The van der Waals surface area contributed by atoms with Crippen LogP contribution < -0.4 is 11.1 Å². The van der Waals surface area contributed by atoms with Crippen molar-refractivity contribution in [3.8, 4) is 0 Å². The molecule has 0 heterocycles. The van der Waals surface area contributed by atoms with Crippen LogP contribution in [0.1, 0.15) is 32.1 Å². The third kappa shape index (κ3) is 4.99. The molecule has 0 atom stereocenters. The molecule has 7 heteroatoms. The van der Waals surface area contributed by atoms with E-state index in [1.807, 2.05) is 5.32 Å². The number of nitrogens with two attached hydrogens (primary N) is 1. The summed E-state index contributed by atoms with van der Waals surface area (Å²) in [6.07, 6.45) is 0.664. The summed E-state index contributed by atoms with van der Waals surface area (Å²) in [5.74, 6) is -0.613. The minimum Gasteiger partial charge on any atom is -0.346 e. The second kappa shape index (κ2) is 6.56. The van der Waals surface area contributed by atoms with Gasteiger partial charge in [-0.1, -0.05) is 19.3 Å². The van der Waals surface area contributed by atoms with Crippen molar-refractivity contribution in [3.63, 3.8) is 0 Å². The molecule has 1 amide bonds. The predicted octanol–water partition coefficient (Wildman–Crippen LogP) is 1.26. The van der Waals surface area contributed by atoms with Gasteiger partial charge in [-0.3, -0.25) is 9.69 Å². The molecule has 1 saturated carbocycles. The molecule has 0 saturated heterocycles. The van der Waals surface area contributed by atoms with Gasteiger partial charge in [-0.05, 0) is 19.9 Å². The molecule has 3 N–H and O–H groups in total. The van der Waals surface area contributed by atoms with Crippen LogP contribution in [-0.4, -0.2) is 49.2 Å². The Morgan fingerprint density at radius 3 is 2.37 bits per heavy atom. The quantitative estimate of drug-likeness (QED) is 0.797. The monoisotopic (exact) mass is 281 g/mol. The zero-order valence-corrected chi connectivity index (χ0v) is 11.2. The van der Waals surface area contributed by atoms with Crippen molar-refractivity contribution >= 4 is 5.91 Å². The molecule has 112 valence electrons. The van der Waals surface area contributed by atoms with E-state index in [0.29, 0.717) is 6.54 Å². The molecule has 0 aromatic carbocycles. The van der Waals surface area contributed by atoms with Crippen LogP contribution in [0.15, 0.2) is 0 Å². The fourth-order valence-corrected chi connectivity index (χ4v) is 2.59. The number of carbonyl (C=O) groups is 1. The predicted molar refractivity (Wildman–Crippen MR) is 66.6 cm³/mol. The van der Waals surface area contributed by atoms with Gasteiger partial charge < -0.3 is 11.1 Å². The van der Waals surface area contributed by atoms with Gasteiger partial charge in [-0.15, -0.1) is 0 Å². The van der Waals surface area contributed by atoms with Gasteiger partial charge >= 0.3 is 6.18 Å². The Balaban J connectivity index is 2.48. The molecule has 1 aliphatic carbocycles. The van der Waals surface area contributed by atoms with Crippen molar-refractivity contribution in [2.45, 2.75) is 43.8 Å². The molecule has 0 radical (unpaired) electrons. The molecule has 4 nitrogen and oxygen atoms in total. The first-order chi connectivity index (χ1) is 8.79. The molecule has 1 rings (SSSR count). The summed E-state index contributed by atoms with van der Waals surface area (Å²) in [4.78, 5) is 13.3. The van der Waals surface area contributed by atoms with Crippen LogP contribution in [0.3, 0.4) is 0 Å². The first-order valence-electron chi connectivity index (χ1n) is 6.54. The fraction of sp³-hybridized carbons (Fsp3) is 0.917. The molecule has 0 spiro atoms. The summed E-state index contributed by atoms with van der Waals surface area (Å²) < 4.78 is 36.0. The lowest BCUT2D eigenvalue weighted by Gasteiger charge is -2.43. The number of carbonyl (C=O) groups excluding carboxylic acids is 1. The van der Waals surface area contributed by atoms with Crippen molar-refractivity contribution < 1.29 is 18.0 Å². The van der Waals surface area contributed by atoms with Crippen molar-refractivity contribution in [1.29, 1.82) is 0 Å². The minimum atomic E-state index is -4.37. The summed E-state index contributed by atoms with van der Waals surface area (Å²) in [6.45, 7) is -0.904. The maximum atomic E-state index is 12.0.